The van der Waals surface area contributed by atoms with E-state index in [1.807, 2.05) is 6.07 Å². The van der Waals surface area contributed by atoms with Crippen LogP contribution in [0.2, 0.25) is 0 Å². The number of aryl methyl sites for hydroxylation is 1. The van der Waals surface area contributed by atoms with Gasteiger partial charge in [-0.2, -0.15) is 5.10 Å². The van der Waals surface area contributed by atoms with Crippen molar-refractivity contribution in [1.82, 2.24) is 9.78 Å². The molecule has 1 N–H and O–H groups in total. The van der Waals surface area contributed by atoms with Gasteiger partial charge in [0.25, 0.3) is 5.91 Å². The molecule has 0 radical (unpaired) electrons. The van der Waals surface area contributed by atoms with E-state index in [0.29, 0.717) is 39.3 Å². The number of amides is 1. The molecule has 2 aromatic heterocycles. The lowest BCUT2D eigenvalue weighted by Gasteiger charge is -2.17. The number of nitrogens with zero attached hydrogens (tertiary/aromatic N) is 2. The molecular formula is C23H19N3O5. The summed E-state index contributed by atoms with van der Waals surface area (Å²) in [5.41, 5.74) is 1.49. The first-order chi connectivity index (χ1) is 15.0. The summed E-state index contributed by atoms with van der Waals surface area (Å²) in [4.78, 5) is 26.1. The van der Waals surface area contributed by atoms with Gasteiger partial charge in [-0.15, -0.1) is 0 Å². The van der Waals surface area contributed by atoms with Gasteiger partial charge in [0.05, 0.1) is 30.2 Å². The quantitative estimate of drug-likeness (QED) is 0.513. The minimum absolute atomic E-state index is 0.321. The van der Waals surface area contributed by atoms with E-state index in [2.05, 4.69) is 10.4 Å². The van der Waals surface area contributed by atoms with E-state index in [1.165, 1.54) is 0 Å². The number of hydrogen-bond acceptors (Lipinski definition) is 6. The second kappa shape index (κ2) is 7.32. The van der Waals surface area contributed by atoms with Gasteiger partial charge in [-0.1, -0.05) is 12.1 Å². The van der Waals surface area contributed by atoms with Gasteiger partial charge in [0, 0.05) is 24.5 Å². The average molecular weight is 417 g/mol. The molecule has 0 aliphatic carbocycles. The third-order valence-electron chi connectivity index (χ3n) is 5.36. The van der Waals surface area contributed by atoms with Crippen molar-refractivity contribution >= 4 is 22.6 Å². The summed E-state index contributed by atoms with van der Waals surface area (Å²) in [6, 6.07) is 14.1. The highest BCUT2D eigenvalue weighted by Crippen LogP contribution is 2.44. The zero-order valence-electron chi connectivity index (χ0n) is 16.9. The average Bonchev–Trinajstić information content (AvgIpc) is 3.38. The number of benzene rings is 2. The fourth-order valence-corrected chi connectivity index (χ4v) is 3.91. The van der Waals surface area contributed by atoms with Crippen LogP contribution in [0.15, 0.2) is 70.1 Å². The van der Waals surface area contributed by atoms with E-state index >= 15 is 0 Å². The van der Waals surface area contributed by atoms with Gasteiger partial charge < -0.3 is 19.2 Å². The summed E-state index contributed by atoms with van der Waals surface area (Å²) in [7, 11) is 3.35. The normalized spacial score (nSPS) is 17.2. The maximum absolute atomic E-state index is 13.2. The predicted octanol–water partition coefficient (Wildman–Crippen LogP) is 3.07. The second-order valence-corrected chi connectivity index (χ2v) is 7.31. The zero-order valence-corrected chi connectivity index (χ0v) is 16.9. The van der Waals surface area contributed by atoms with Gasteiger partial charge in [0.2, 0.25) is 0 Å². The van der Waals surface area contributed by atoms with Crippen molar-refractivity contribution < 1.29 is 18.7 Å². The smallest absolute Gasteiger partial charge is 0.344 e. The van der Waals surface area contributed by atoms with E-state index < -0.39 is 17.6 Å². The fourth-order valence-electron chi connectivity index (χ4n) is 3.91. The number of carbonyl (C=O) groups is 1. The molecule has 4 aromatic rings. The lowest BCUT2D eigenvalue weighted by Crippen LogP contribution is -2.35. The Morgan fingerprint density at radius 1 is 1.16 bits per heavy atom. The van der Waals surface area contributed by atoms with Crippen molar-refractivity contribution in [2.45, 2.75) is 12.0 Å². The number of nitrogens with one attached hydrogen (secondary N) is 1. The van der Waals surface area contributed by atoms with Crippen LogP contribution in [0, 0.1) is 0 Å². The van der Waals surface area contributed by atoms with Crippen molar-refractivity contribution in [3.63, 3.8) is 0 Å². The van der Waals surface area contributed by atoms with Gasteiger partial charge in [-0.05, 0) is 36.4 Å². The van der Waals surface area contributed by atoms with Gasteiger partial charge in [0.15, 0.2) is 6.10 Å². The molecule has 5 rings (SSSR count). The molecule has 8 nitrogen and oxygen atoms in total. The number of fused-ring (bicyclic) bond motifs is 3. The van der Waals surface area contributed by atoms with Crippen LogP contribution in [0.1, 0.15) is 17.0 Å². The highest BCUT2D eigenvalue weighted by Gasteiger charge is 2.44. The SMILES string of the molecule is COc1ccc(NC(=O)[C@H]2Oc3c(c(=O)oc4ccccc34)[C@@H]2c2cnn(C)c2)cc1. The number of aromatic nitrogens is 2. The molecule has 0 saturated heterocycles. The Labute approximate surface area is 177 Å². The lowest BCUT2D eigenvalue weighted by molar-refractivity contribution is -0.122. The summed E-state index contributed by atoms with van der Waals surface area (Å²) in [5.74, 6) is 0.0249. The molecule has 0 saturated carbocycles. The van der Waals surface area contributed by atoms with Crippen molar-refractivity contribution in [2.75, 3.05) is 12.4 Å². The predicted molar refractivity (Wildman–Crippen MR) is 114 cm³/mol. The van der Waals surface area contributed by atoms with E-state index in [1.54, 1.807) is 73.7 Å². The topological polar surface area (TPSA) is 95.6 Å². The Bertz CT molecular complexity index is 1340. The molecule has 1 amide bonds. The van der Waals surface area contributed by atoms with E-state index in [4.69, 9.17) is 13.9 Å². The standard InChI is InChI=1S/C23H19N3O5/c1-26-12-13(11-24-26)18-19-20(16-5-3-4-6-17(16)30-23(19)28)31-21(18)22(27)25-14-7-9-15(29-2)10-8-14/h3-12,18,21H,1-2H3,(H,25,27)/t18-,21-/m0/s1. The van der Waals surface area contributed by atoms with Crippen molar-refractivity contribution in [3.05, 3.63) is 82.5 Å². The molecule has 8 heteroatoms. The minimum atomic E-state index is -0.963. The van der Waals surface area contributed by atoms with Crippen LogP contribution in [-0.2, 0) is 11.8 Å². The Morgan fingerprint density at radius 2 is 1.94 bits per heavy atom. The van der Waals surface area contributed by atoms with Gasteiger partial charge in [-0.3, -0.25) is 9.48 Å². The Kier molecular flexibility index (Phi) is 4.47. The first-order valence-corrected chi connectivity index (χ1v) is 9.71. The molecule has 1 aliphatic rings. The largest absolute Gasteiger partial charge is 0.497 e. The Balaban J connectivity index is 1.58. The van der Waals surface area contributed by atoms with Gasteiger partial charge >= 0.3 is 5.63 Å². The molecule has 0 bridgehead atoms. The Morgan fingerprint density at radius 3 is 2.65 bits per heavy atom. The molecule has 31 heavy (non-hydrogen) atoms. The molecule has 1 aliphatic heterocycles. The summed E-state index contributed by atoms with van der Waals surface area (Å²) in [6.45, 7) is 0. The van der Waals surface area contributed by atoms with Crippen LogP contribution < -0.4 is 20.4 Å². The zero-order chi connectivity index (χ0) is 21.5. The number of hydrogen-bond donors (Lipinski definition) is 1. The van der Waals surface area contributed by atoms with Crippen molar-refractivity contribution in [2.24, 2.45) is 7.05 Å². The van der Waals surface area contributed by atoms with Crippen LogP contribution >= 0.6 is 0 Å². The monoisotopic (exact) mass is 417 g/mol. The van der Waals surface area contributed by atoms with Crippen LogP contribution in [0.3, 0.4) is 0 Å². The lowest BCUT2D eigenvalue weighted by atomic mass is 9.90. The summed E-state index contributed by atoms with van der Waals surface area (Å²) < 4.78 is 18.4. The number of para-hydroxylation sites is 1. The molecule has 2 atom stereocenters. The van der Waals surface area contributed by atoms with Crippen LogP contribution in [0.5, 0.6) is 11.5 Å². The third kappa shape index (κ3) is 3.22. The van der Waals surface area contributed by atoms with Crippen LogP contribution in [0.4, 0.5) is 5.69 Å². The van der Waals surface area contributed by atoms with Gasteiger partial charge in [0.1, 0.15) is 17.1 Å². The first-order valence-electron chi connectivity index (χ1n) is 9.71. The van der Waals surface area contributed by atoms with Gasteiger partial charge in [-0.25, -0.2) is 4.79 Å². The highest BCUT2D eigenvalue weighted by atomic mass is 16.5. The molecule has 156 valence electrons. The highest BCUT2D eigenvalue weighted by molar-refractivity contribution is 5.97. The van der Waals surface area contributed by atoms with Crippen molar-refractivity contribution in [3.8, 4) is 11.5 Å². The van der Waals surface area contributed by atoms with E-state index in [9.17, 15) is 9.59 Å². The number of carbonyl (C=O) groups excluding carboxylic acids is 1. The summed E-state index contributed by atoms with van der Waals surface area (Å²) in [5, 5.41) is 7.71. The molecule has 2 aromatic carbocycles. The number of anilines is 1. The number of methoxy groups -OCH3 is 1. The number of ether oxygens (including phenoxy) is 2. The molecule has 0 spiro atoms. The molecular weight excluding hydrogens is 398 g/mol. The van der Waals surface area contributed by atoms with Crippen molar-refractivity contribution in [1.29, 1.82) is 0 Å². The third-order valence-corrected chi connectivity index (χ3v) is 5.36. The second-order valence-electron chi connectivity index (χ2n) is 7.31. The molecule has 3 heterocycles. The number of rotatable bonds is 4. The van der Waals surface area contributed by atoms with Crippen LogP contribution in [-0.4, -0.2) is 28.9 Å². The van der Waals surface area contributed by atoms with E-state index in [0.717, 1.165) is 0 Å². The minimum Gasteiger partial charge on any atom is -0.497 e. The Hall–Kier alpha value is -4.07. The molecule has 0 unspecified atom stereocenters. The summed E-state index contributed by atoms with van der Waals surface area (Å²) >= 11 is 0. The van der Waals surface area contributed by atoms with E-state index in [-0.39, 0.29) is 5.91 Å². The summed E-state index contributed by atoms with van der Waals surface area (Å²) in [6.07, 6.45) is 2.44. The maximum Gasteiger partial charge on any atom is 0.344 e. The molecule has 0 fully saturated rings. The maximum atomic E-state index is 13.2. The van der Waals surface area contributed by atoms with Crippen LogP contribution in [0.25, 0.3) is 11.0 Å². The fraction of sp³-hybridized carbons (Fsp3) is 0.174. The first kappa shape index (κ1) is 18.9.